The lowest BCUT2D eigenvalue weighted by atomic mass is 10.1. The standard InChI is InChI=1S/C21H23N3OS/c1-24(2)19(17-9-4-3-5-10-17)14-22-20(25)15-26-21-13-12-16-8-6-7-11-18(16)23-21/h3-13,19H,14-15H2,1-2H3,(H,22,25). The number of carbonyl (C=O) groups excluding carboxylic acids is 1. The van der Waals surface area contributed by atoms with Crippen LogP contribution in [0.3, 0.4) is 0 Å². The first-order chi connectivity index (χ1) is 12.6. The molecule has 0 saturated heterocycles. The van der Waals surface area contributed by atoms with Crippen LogP contribution in [0.15, 0.2) is 71.8 Å². The summed E-state index contributed by atoms with van der Waals surface area (Å²) in [5, 5.41) is 5.02. The van der Waals surface area contributed by atoms with Crippen LogP contribution in [0.25, 0.3) is 10.9 Å². The number of hydrogen-bond donors (Lipinski definition) is 1. The van der Waals surface area contributed by atoms with Gasteiger partial charge in [0, 0.05) is 11.9 Å². The summed E-state index contributed by atoms with van der Waals surface area (Å²) in [6, 6.07) is 22.4. The average molecular weight is 366 g/mol. The summed E-state index contributed by atoms with van der Waals surface area (Å²) in [6.07, 6.45) is 0. The van der Waals surface area contributed by atoms with Crippen molar-refractivity contribution in [3.05, 3.63) is 72.3 Å². The lowest BCUT2D eigenvalue weighted by Gasteiger charge is -2.25. The van der Waals surface area contributed by atoms with E-state index in [0.717, 1.165) is 15.9 Å². The number of nitrogens with one attached hydrogen (secondary N) is 1. The molecule has 0 bridgehead atoms. The second-order valence-electron chi connectivity index (χ2n) is 6.33. The van der Waals surface area contributed by atoms with Crippen molar-refractivity contribution in [2.24, 2.45) is 0 Å². The maximum Gasteiger partial charge on any atom is 0.230 e. The Kier molecular flexibility index (Phi) is 6.26. The topological polar surface area (TPSA) is 45.2 Å². The number of hydrogen-bond acceptors (Lipinski definition) is 4. The number of pyridine rings is 1. The summed E-state index contributed by atoms with van der Waals surface area (Å²) < 4.78 is 0. The minimum absolute atomic E-state index is 0.0211. The Bertz CT molecular complexity index is 867. The molecule has 0 aliphatic carbocycles. The van der Waals surface area contributed by atoms with Crippen molar-refractivity contribution in [1.82, 2.24) is 15.2 Å². The average Bonchev–Trinajstić information content (AvgIpc) is 2.67. The van der Waals surface area contributed by atoms with Crippen molar-refractivity contribution in [2.45, 2.75) is 11.1 Å². The molecule has 26 heavy (non-hydrogen) atoms. The number of thioether (sulfide) groups is 1. The van der Waals surface area contributed by atoms with E-state index in [9.17, 15) is 4.79 Å². The van der Waals surface area contributed by atoms with Gasteiger partial charge in [0.2, 0.25) is 5.91 Å². The Morgan fingerprint density at radius 2 is 1.77 bits per heavy atom. The van der Waals surface area contributed by atoms with Crippen molar-refractivity contribution in [3.8, 4) is 0 Å². The molecule has 0 aliphatic rings. The molecule has 1 atom stereocenters. The third kappa shape index (κ3) is 4.84. The first kappa shape index (κ1) is 18.4. The van der Waals surface area contributed by atoms with Crippen LogP contribution in [-0.4, -0.2) is 42.2 Å². The van der Waals surface area contributed by atoms with Crippen LogP contribution in [0.2, 0.25) is 0 Å². The largest absolute Gasteiger partial charge is 0.353 e. The maximum absolute atomic E-state index is 12.3. The Morgan fingerprint density at radius 1 is 1.04 bits per heavy atom. The highest BCUT2D eigenvalue weighted by Gasteiger charge is 2.15. The third-order valence-corrected chi connectivity index (χ3v) is 5.15. The molecule has 2 aromatic carbocycles. The van der Waals surface area contributed by atoms with Crippen LogP contribution < -0.4 is 5.32 Å². The molecule has 1 aromatic heterocycles. The van der Waals surface area contributed by atoms with Gasteiger partial charge in [0.15, 0.2) is 0 Å². The number of para-hydroxylation sites is 1. The number of nitrogens with zero attached hydrogens (tertiary/aromatic N) is 2. The molecule has 1 N–H and O–H groups in total. The molecule has 3 rings (SSSR count). The van der Waals surface area contributed by atoms with Gasteiger partial charge in [0.25, 0.3) is 0 Å². The van der Waals surface area contributed by atoms with Crippen LogP contribution >= 0.6 is 11.8 Å². The van der Waals surface area contributed by atoms with Crippen molar-refractivity contribution >= 4 is 28.6 Å². The molecule has 3 aromatic rings. The molecule has 134 valence electrons. The predicted octanol–water partition coefficient (Wildman–Crippen LogP) is 3.75. The fourth-order valence-electron chi connectivity index (χ4n) is 2.80. The van der Waals surface area contributed by atoms with Gasteiger partial charge in [-0.25, -0.2) is 4.98 Å². The summed E-state index contributed by atoms with van der Waals surface area (Å²) in [7, 11) is 4.05. The molecule has 4 nitrogen and oxygen atoms in total. The van der Waals surface area contributed by atoms with E-state index in [1.807, 2.05) is 68.7 Å². The van der Waals surface area contributed by atoms with Crippen molar-refractivity contribution < 1.29 is 4.79 Å². The highest BCUT2D eigenvalue weighted by molar-refractivity contribution is 7.99. The molecule has 1 heterocycles. The number of likely N-dealkylation sites (N-methyl/N-ethyl adjacent to an activating group) is 1. The Morgan fingerprint density at radius 3 is 2.54 bits per heavy atom. The summed E-state index contributed by atoms with van der Waals surface area (Å²) in [6.45, 7) is 0.585. The highest BCUT2D eigenvalue weighted by atomic mass is 32.2. The lowest BCUT2D eigenvalue weighted by Crippen LogP contribution is -2.35. The second-order valence-corrected chi connectivity index (χ2v) is 7.32. The van der Waals surface area contributed by atoms with Crippen LogP contribution in [0.5, 0.6) is 0 Å². The summed E-state index contributed by atoms with van der Waals surface area (Å²) in [4.78, 5) is 19.0. The first-order valence-corrected chi connectivity index (χ1v) is 9.59. The number of rotatable bonds is 7. The van der Waals surface area contributed by atoms with Gasteiger partial charge in [-0.05, 0) is 31.8 Å². The van der Waals surface area contributed by atoms with E-state index < -0.39 is 0 Å². The van der Waals surface area contributed by atoms with Gasteiger partial charge in [0.1, 0.15) is 0 Å². The van der Waals surface area contributed by atoms with Crippen molar-refractivity contribution in [1.29, 1.82) is 0 Å². The van der Waals surface area contributed by atoms with Gasteiger partial charge in [-0.15, -0.1) is 0 Å². The second kappa shape index (κ2) is 8.83. The van der Waals surface area contributed by atoms with E-state index in [4.69, 9.17) is 0 Å². The van der Waals surface area contributed by atoms with Gasteiger partial charge in [0.05, 0.1) is 22.3 Å². The van der Waals surface area contributed by atoms with Crippen LogP contribution in [-0.2, 0) is 4.79 Å². The lowest BCUT2D eigenvalue weighted by molar-refractivity contribution is -0.118. The quantitative estimate of drug-likeness (QED) is 0.648. The van der Waals surface area contributed by atoms with Gasteiger partial charge >= 0.3 is 0 Å². The normalized spacial score (nSPS) is 12.3. The van der Waals surface area contributed by atoms with Gasteiger partial charge in [-0.2, -0.15) is 0 Å². The summed E-state index contributed by atoms with van der Waals surface area (Å²) in [5.41, 5.74) is 2.15. The molecular formula is C21H23N3OS. The van der Waals surface area contributed by atoms with Gasteiger partial charge < -0.3 is 10.2 Å². The van der Waals surface area contributed by atoms with E-state index in [1.54, 1.807) is 0 Å². The molecule has 0 aliphatic heterocycles. The van der Waals surface area contributed by atoms with Crippen LogP contribution in [0.4, 0.5) is 0 Å². The van der Waals surface area contributed by atoms with E-state index in [2.05, 4.69) is 27.3 Å². The number of amides is 1. The van der Waals surface area contributed by atoms with Crippen LogP contribution in [0.1, 0.15) is 11.6 Å². The predicted molar refractivity (Wildman–Crippen MR) is 108 cm³/mol. The Labute approximate surface area is 158 Å². The van der Waals surface area contributed by atoms with Gasteiger partial charge in [-0.3, -0.25) is 4.79 Å². The number of benzene rings is 2. The zero-order valence-electron chi connectivity index (χ0n) is 15.1. The van der Waals surface area contributed by atoms with E-state index in [-0.39, 0.29) is 11.9 Å². The molecular weight excluding hydrogens is 342 g/mol. The van der Waals surface area contributed by atoms with Crippen molar-refractivity contribution in [3.63, 3.8) is 0 Å². The first-order valence-electron chi connectivity index (χ1n) is 8.60. The maximum atomic E-state index is 12.3. The highest BCUT2D eigenvalue weighted by Crippen LogP contribution is 2.20. The Hall–Kier alpha value is -2.37. The SMILES string of the molecule is CN(C)C(CNC(=O)CSc1ccc2ccccc2n1)c1ccccc1. The zero-order chi connectivity index (χ0) is 18.4. The minimum Gasteiger partial charge on any atom is -0.353 e. The molecule has 5 heteroatoms. The van der Waals surface area contributed by atoms with Gasteiger partial charge in [-0.1, -0.05) is 66.4 Å². The molecule has 1 amide bonds. The smallest absolute Gasteiger partial charge is 0.230 e. The van der Waals surface area contributed by atoms with E-state index >= 15 is 0 Å². The molecule has 1 unspecified atom stereocenters. The van der Waals surface area contributed by atoms with Crippen molar-refractivity contribution in [2.75, 3.05) is 26.4 Å². The number of aromatic nitrogens is 1. The molecule has 0 saturated carbocycles. The molecule has 0 fully saturated rings. The summed E-state index contributed by atoms with van der Waals surface area (Å²) in [5.74, 6) is 0.382. The number of carbonyl (C=O) groups is 1. The fraction of sp³-hybridized carbons (Fsp3) is 0.238. The van der Waals surface area contributed by atoms with Crippen LogP contribution in [0, 0.1) is 0 Å². The molecule has 0 radical (unpaired) electrons. The summed E-state index contributed by atoms with van der Waals surface area (Å²) >= 11 is 1.46. The number of fused-ring (bicyclic) bond motifs is 1. The monoisotopic (exact) mass is 365 g/mol. The van der Waals surface area contributed by atoms with E-state index in [0.29, 0.717) is 12.3 Å². The zero-order valence-corrected chi connectivity index (χ0v) is 15.9. The van der Waals surface area contributed by atoms with E-state index in [1.165, 1.54) is 17.3 Å². The third-order valence-electron chi connectivity index (χ3n) is 4.22. The minimum atomic E-state index is 0.0211. The fourth-order valence-corrected chi connectivity index (χ4v) is 3.51. The molecule has 0 spiro atoms. The Balaban J connectivity index is 1.54.